The second-order valence-corrected chi connectivity index (χ2v) is 11.0. The Bertz CT molecular complexity index is 1620. The van der Waals surface area contributed by atoms with Crippen molar-refractivity contribution in [2.75, 3.05) is 18.8 Å². The van der Waals surface area contributed by atoms with E-state index in [9.17, 15) is 27.6 Å². The molecule has 1 aromatic heterocycles. The lowest BCUT2D eigenvalue weighted by Gasteiger charge is -2.33. The number of carbonyl (C=O) groups excluding carboxylic acids is 3. The Labute approximate surface area is 243 Å². The summed E-state index contributed by atoms with van der Waals surface area (Å²) in [5.74, 6) is -2.39. The minimum Gasteiger partial charge on any atom is -0.334 e. The summed E-state index contributed by atoms with van der Waals surface area (Å²) >= 11 is 1.81. The summed E-state index contributed by atoms with van der Waals surface area (Å²) in [6.07, 6.45) is -3.27. The molecular formula is C29H27F3N6O3S. The molecule has 0 spiro atoms. The van der Waals surface area contributed by atoms with Gasteiger partial charge in [-0.1, -0.05) is 42.5 Å². The molecule has 1 saturated heterocycles. The van der Waals surface area contributed by atoms with Gasteiger partial charge < -0.3 is 10.2 Å². The first-order chi connectivity index (χ1) is 20.1. The van der Waals surface area contributed by atoms with Gasteiger partial charge in [-0.05, 0) is 46.5 Å². The normalized spacial score (nSPS) is 15.3. The zero-order valence-electron chi connectivity index (χ0n) is 22.4. The second kappa shape index (κ2) is 12.1. The Morgan fingerprint density at radius 3 is 2.52 bits per heavy atom. The fourth-order valence-electron chi connectivity index (χ4n) is 4.60. The fraction of sp³-hybridized carbons (Fsp3) is 0.241. The fourth-order valence-corrected chi connectivity index (χ4v) is 5.83. The number of hydrogen-bond donors (Lipinski definition) is 3. The maximum absolute atomic E-state index is 13.0. The number of aromatic nitrogens is 2. The molecule has 4 aromatic rings. The molecule has 9 nitrogen and oxygen atoms in total. The van der Waals surface area contributed by atoms with E-state index in [1.807, 2.05) is 35.8 Å². The number of alkyl halides is 3. The maximum Gasteiger partial charge on any atom is 0.472 e. The number of carbonyl (C=O) groups is 3. The van der Waals surface area contributed by atoms with Crippen LogP contribution in [0.5, 0.6) is 0 Å². The molecule has 0 aliphatic carbocycles. The molecule has 4 amide bonds. The number of halogens is 3. The third kappa shape index (κ3) is 6.68. The second-order valence-electron chi connectivity index (χ2n) is 9.73. The predicted molar refractivity (Wildman–Crippen MR) is 153 cm³/mol. The monoisotopic (exact) mass is 596 g/mol. The molecule has 1 fully saturated rings. The molecule has 3 aromatic carbocycles. The van der Waals surface area contributed by atoms with Gasteiger partial charge in [-0.15, -0.1) is 0 Å². The average Bonchev–Trinajstić information content (AvgIpc) is 3.38. The van der Waals surface area contributed by atoms with Gasteiger partial charge in [-0.2, -0.15) is 30.0 Å². The van der Waals surface area contributed by atoms with Crippen molar-refractivity contribution in [2.45, 2.75) is 18.0 Å². The molecule has 2 heterocycles. The number of nitrogens with zero attached hydrogens (tertiary/aromatic N) is 3. The first kappa shape index (κ1) is 29.0. The van der Waals surface area contributed by atoms with Gasteiger partial charge >= 0.3 is 18.1 Å². The van der Waals surface area contributed by atoms with Crippen molar-refractivity contribution in [3.8, 4) is 11.1 Å². The number of aryl methyl sites for hydroxylation is 1. The molecule has 5 rings (SSSR count). The summed E-state index contributed by atoms with van der Waals surface area (Å²) < 4.78 is 38.7. The van der Waals surface area contributed by atoms with Crippen LogP contribution in [0.15, 0.2) is 72.9 Å². The highest BCUT2D eigenvalue weighted by molar-refractivity contribution is 7.99. The van der Waals surface area contributed by atoms with E-state index in [1.165, 1.54) is 17.6 Å². The van der Waals surface area contributed by atoms with Crippen molar-refractivity contribution in [1.29, 1.82) is 0 Å². The Morgan fingerprint density at radius 2 is 1.76 bits per heavy atom. The molecule has 42 heavy (non-hydrogen) atoms. The van der Waals surface area contributed by atoms with E-state index < -0.39 is 18.0 Å². The van der Waals surface area contributed by atoms with E-state index in [0.29, 0.717) is 18.7 Å². The van der Waals surface area contributed by atoms with Gasteiger partial charge in [-0.25, -0.2) is 4.79 Å². The van der Waals surface area contributed by atoms with Gasteiger partial charge in [-0.3, -0.25) is 25.1 Å². The Morgan fingerprint density at radius 1 is 1.00 bits per heavy atom. The van der Waals surface area contributed by atoms with Gasteiger partial charge in [0.25, 0.3) is 5.91 Å². The number of amides is 4. The highest BCUT2D eigenvalue weighted by atomic mass is 32.2. The third-order valence-corrected chi connectivity index (χ3v) is 8.14. The minimum absolute atomic E-state index is 0.0471. The van der Waals surface area contributed by atoms with E-state index in [2.05, 4.69) is 46.8 Å². The maximum atomic E-state index is 13.0. The van der Waals surface area contributed by atoms with Gasteiger partial charge in [0.2, 0.25) is 0 Å². The molecular weight excluding hydrogens is 569 g/mol. The van der Waals surface area contributed by atoms with E-state index in [0.717, 1.165) is 33.3 Å². The Kier molecular flexibility index (Phi) is 8.39. The smallest absolute Gasteiger partial charge is 0.334 e. The zero-order valence-corrected chi connectivity index (χ0v) is 23.3. The SMILES string of the molecule is Cn1ncc2ccc(-c3cccc(C4CN(C(=O)NCc5ccc(C(=O)NNC(=O)C(F)(F)F)cc5)CCS4)c3)cc21. The van der Waals surface area contributed by atoms with Crippen molar-refractivity contribution in [3.63, 3.8) is 0 Å². The van der Waals surface area contributed by atoms with Crippen molar-refractivity contribution in [3.05, 3.63) is 89.6 Å². The molecule has 0 radical (unpaired) electrons. The summed E-state index contributed by atoms with van der Waals surface area (Å²) in [5, 5.41) is 8.40. The lowest BCUT2D eigenvalue weighted by atomic mass is 10.0. The molecule has 13 heteroatoms. The largest absolute Gasteiger partial charge is 0.472 e. The zero-order chi connectivity index (χ0) is 29.9. The van der Waals surface area contributed by atoms with Crippen LogP contribution in [0.1, 0.15) is 26.7 Å². The number of nitrogens with one attached hydrogen (secondary N) is 3. The first-order valence-electron chi connectivity index (χ1n) is 13.0. The van der Waals surface area contributed by atoms with Crippen molar-refractivity contribution in [1.82, 2.24) is 30.8 Å². The van der Waals surface area contributed by atoms with Crippen molar-refractivity contribution in [2.24, 2.45) is 7.05 Å². The molecule has 0 bridgehead atoms. The Balaban J connectivity index is 1.16. The molecule has 1 atom stereocenters. The number of benzene rings is 3. The molecule has 0 saturated carbocycles. The number of urea groups is 1. The summed E-state index contributed by atoms with van der Waals surface area (Å²) in [5.41, 5.74) is 8.16. The summed E-state index contributed by atoms with van der Waals surface area (Å²) in [6.45, 7) is 1.35. The van der Waals surface area contributed by atoms with Crippen molar-refractivity contribution < 1.29 is 27.6 Å². The van der Waals surface area contributed by atoms with Crippen LogP contribution in [0, 0.1) is 0 Å². The number of hydrogen-bond acceptors (Lipinski definition) is 5. The quantitative estimate of drug-likeness (QED) is 0.293. The lowest BCUT2D eigenvalue weighted by Crippen LogP contribution is -2.47. The molecule has 1 unspecified atom stereocenters. The van der Waals surface area contributed by atoms with Crippen LogP contribution in [0.3, 0.4) is 0 Å². The molecule has 1 aliphatic heterocycles. The van der Waals surface area contributed by atoms with E-state index in [1.54, 1.807) is 22.5 Å². The number of fused-ring (bicyclic) bond motifs is 1. The van der Waals surface area contributed by atoms with Crippen LogP contribution in [-0.4, -0.2) is 57.5 Å². The van der Waals surface area contributed by atoms with Crippen molar-refractivity contribution >= 4 is 40.5 Å². The van der Waals surface area contributed by atoms with Gasteiger partial charge in [0.05, 0.1) is 11.7 Å². The highest BCUT2D eigenvalue weighted by Crippen LogP contribution is 2.35. The van der Waals surface area contributed by atoms with E-state index in [4.69, 9.17) is 0 Å². The van der Waals surface area contributed by atoms with Crippen LogP contribution >= 0.6 is 11.8 Å². The number of rotatable bonds is 5. The number of hydrazine groups is 1. The lowest BCUT2D eigenvalue weighted by molar-refractivity contribution is -0.174. The van der Waals surface area contributed by atoms with Crippen LogP contribution in [0.25, 0.3) is 22.0 Å². The predicted octanol–water partition coefficient (Wildman–Crippen LogP) is 4.56. The highest BCUT2D eigenvalue weighted by Gasteiger charge is 2.39. The average molecular weight is 597 g/mol. The van der Waals surface area contributed by atoms with E-state index >= 15 is 0 Å². The first-order valence-corrected chi connectivity index (χ1v) is 14.1. The standard InChI is InChI=1S/C29H27F3N6O3S/c1-37-24-14-21(9-10-23(24)16-34-37)20-3-2-4-22(13-20)25-17-38(11-12-42-25)28(41)33-15-18-5-7-19(8-6-18)26(39)35-36-27(40)29(30,31)32/h2-10,13-14,16,25H,11-12,15,17H2,1H3,(H,33,41)(H,35,39)(H,36,40). The van der Waals surface area contributed by atoms with E-state index in [-0.39, 0.29) is 23.4 Å². The van der Waals surface area contributed by atoms with Gasteiger partial charge in [0, 0.05) is 48.6 Å². The van der Waals surface area contributed by atoms with Crippen LogP contribution in [0.4, 0.5) is 18.0 Å². The van der Waals surface area contributed by atoms with Gasteiger partial charge in [0.1, 0.15) is 0 Å². The molecule has 3 N–H and O–H groups in total. The molecule has 1 aliphatic rings. The summed E-state index contributed by atoms with van der Waals surface area (Å²) in [7, 11) is 1.92. The third-order valence-electron chi connectivity index (χ3n) is 6.90. The minimum atomic E-state index is -5.11. The molecule has 218 valence electrons. The van der Waals surface area contributed by atoms with Crippen LogP contribution in [-0.2, 0) is 18.4 Å². The number of thioether (sulfide) groups is 1. The summed E-state index contributed by atoms with van der Waals surface area (Å²) in [4.78, 5) is 37.6. The Hall–Kier alpha value is -4.52. The summed E-state index contributed by atoms with van der Waals surface area (Å²) in [6, 6.07) is 20.3. The van der Waals surface area contributed by atoms with Crippen LogP contribution in [0.2, 0.25) is 0 Å². The van der Waals surface area contributed by atoms with Crippen LogP contribution < -0.4 is 16.2 Å². The topological polar surface area (TPSA) is 108 Å². The van der Waals surface area contributed by atoms with Gasteiger partial charge in [0.15, 0.2) is 0 Å².